The quantitative estimate of drug-likeness (QED) is 0.829. The molecule has 0 bridgehead atoms. The molecule has 0 saturated carbocycles. The fourth-order valence-corrected chi connectivity index (χ4v) is 3.97. The average molecular weight is 391 g/mol. The number of anilines is 1. The number of hydrogen-bond donors (Lipinski definition) is 2. The number of piperidine rings is 2. The summed E-state index contributed by atoms with van der Waals surface area (Å²) in [7, 11) is 0. The van der Waals surface area contributed by atoms with E-state index in [0.717, 1.165) is 0 Å². The van der Waals surface area contributed by atoms with E-state index in [1.165, 1.54) is 17.0 Å². The second-order valence-electron chi connectivity index (χ2n) is 7.65. The molecule has 3 rings (SSSR count). The van der Waals surface area contributed by atoms with Gasteiger partial charge in [0.05, 0.1) is 17.5 Å². The second kappa shape index (κ2) is 8.58. The van der Waals surface area contributed by atoms with Crippen LogP contribution in [0.4, 0.5) is 14.9 Å². The van der Waals surface area contributed by atoms with E-state index in [0.29, 0.717) is 32.2 Å². The zero-order valence-electron chi connectivity index (χ0n) is 15.9. The highest BCUT2D eigenvalue weighted by atomic mass is 19.1. The molecule has 2 saturated heterocycles. The lowest BCUT2D eigenvalue weighted by Crippen LogP contribution is -2.53. The molecule has 0 radical (unpaired) electrons. The predicted octanol–water partition coefficient (Wildman–Crippen LogP) is 2.78. The van der Waals surface area contributed by atoms with Crippen LogP contribution in [0.1, 0.15) is 32.6 Å². The van der Waals surface area contributed by atoms with Crippen molar-refractivity contribution in [2.24, 2.45) is 11.8 Å². The van der Waals surface area contributed by atoms with E-state index in [1.807, 2.05) is 6.92 Å². The van der Waals surface area contributed by atoms with Gasteiger partial charge < -0.3 is 20.2 Å². The first-order valence-corrected chi connectivity index (χ1v) is 9.70. The number of aliphatic carboxylic acids is 1. The van der Waals surface area contributed by atoms with Crippen molar-refractivity contribution in [3.8, 4) is 0 Å². The van der Waals surface area contributed by atoms with Crippen LogP contribution in [0.2, 0.25) is 0 Å². The van der Waals surface area contributed by atoms with E-state index < -0.39 is 23.7 Å². The molecule has 7 nitrogen and oxygen atoms in total. The van der Waals surface area contributed by atoms with Gasteiger partial charge in [-0.1, -0.05) is 12.1 Å². The molecule has 3 amide bonds. The Labute approximate surface area is 163 Å². The number of rotatable bonds is 3. The highest BCUT2D eigenvalue weighted by molar-refractivity contribution is 5.90. The van der Waals surface area contributed by atoms with Crippen molar-refractivity contribution in [1.29, 1.82) is 0 Å². The smallest absolute Gasteiger partial charge is 0.321 e. The Morgan fingerprint density at radius 2 is 1.86 bits per heavy atom. The fourth-order valence-electron chi connectivity index (χ4n) is 3.97. The van der Waals surface area contributed by atoms with Crippen LogP contribution in [0.15, 0.2) is 24.3 Å². The number of amides is 3. The number of carboxylic acid groups (broad SMARTS) is 1. The summed E-state index contributed by atoms with van der Waals surface area (Å²) < 4.78 is 13.8. The first kappa shape index (κ1) is 20.1. The summed E-state index contributed by atoms with van der Waals surface area (Å²) in [5.41, 5.74) is 0.106. The van der Waals surface area contributed by atoms with Gasteiger partial charge in [-0.15, -0.1) is 0 Å². The van der Waals surface area contributed by atoms with Crippen molar-refractivity contribution in [1.82, 2.24) is 9.80 Å². The number of nitrogens with one attached hydrogen (secondary N) is 1. The van der Waals surface area contributed by atoms with Crippen LogP contribution in [0.5, 0.6) is 0 Å². The molecule has 8 heteroatoms. The van der Waals surface area contributed by atoms with E-state index in [2.05, 4.69) is 5.32 Å². The number of benzene rings is 1. The van der Waals surface area contributed by atoms with E-state index in [-0.39, 0.29) is 36.6 Å². The molecule has 2 aliphatic rings. The number of carbonyl (C=O) groups is 3. The summed E-state index contributed by atoms with van der Waals surface area (Å²) in [6.45, 7) is 2.89. The molecule has 3 unspecified atom stereocenters. The largest absolute Gasteiger partial charge is 0.481 e. The Balaban J connectivity index is 1.63. The Bertz CT molecular complexity index is 757. The summed E-state index contributed by atoms with van der Waals surface area (Å²) in [6.07, 6.45) is 2.56. The van der Waals surface area contributed by atoms with Gasteiger partial charge in [-0.05, 0) is 44.7 Å². The van der Waals surface area contributed by atoms with Gasteiger partial charge in [0.25, 0.3) is 0 Å². The maximum Gasteiger partial charge on any atom is 0.321 e. The lowest BCUT2D eigenvalue weighted by atomic mass is 9.90. The number of likely N-dealkylation sites (tertiary alicyclic amines) is 2. The van der Waals surface area contributed by atoms with Crippen LogP contribution >= 0.6 is 0 Å². The summed E-state index contributed by atoms with van der Waals surface area (Å²) in [5.74, 6) is -2.39. The van der Waals surface area contributed by atoms with Crippen LogP contribution in [0, 0.1) is 17.7 Å². The van der Waals surface area contributed by atoms with Crippen molar-refractivity contribution in [2.75, 3.05) is 25.0 Å². The van der Waals surface area contributed by atoms with Crippen LogP contribution in [-0.2, 0) is 9.59 Å². The SMILES string of the molecule is CC1CCC(C(=O)O)CN1C(=O)C1CCCN(C(=O)Nc2ccccc2F)C1. The van der Waals surface area contributed by atoms with E-state index in [9.17, 15) is 23.9 Å². The topological polar surface area (TPSA) is 90.0 Å². The Morgan fingerprint density at radius 1 is 1.11 bits per heavy atom. The molecule has 3 atom stereocenters. The molecule has 0 aliphatic carbocycles. The molecular formula is C20H26FN3O4. The molecule has 0 aromatic heterocycles. The van der Waals surface area contributed by atoms with Gasteiger partial charge in [0, 0.05) is 25.7 Å². The molecule has 2 fully saturated rings. The standard InChI is InChI=1S/C20H26FN3O4/c1-13-8-9-15(19(26)27)12-24(13)18(25)14-5-4-10-23(11-14)20(28)22-17-7-3-2-6-16(17)21/h2-3,6-7,13-15H,4-5,8-12H2,1H3,(H,22,28)(H,26,27). The normalized spacial score (nSPS) is 25.3. The fraction of sp³-hybridized carbons (Fsp3) is 0.550. The van der Waals surface area contributed by atoms with E-state index in [1.54, 1.807) is 17.0 Å². The minimum atomic E-state index is -0.876. The van der Waals surface area contributed by atoms with Gasteiger partial charge in [0.15, 0.2) is 0 Å². The van der Waals surface area contributed by atoms with Gasteiger partial charge in [-0.3, -0.25) is 9.59 Å². The summed E-state index contributed by atoms with van der Waals surface area (Å²) in [6, 6.07) is 5.50. The van der Waals surface area contributed by atoms with Crippen molar-refractivity contribution in [3.63, 3.8) is 0 Å². The summed E-state index contributed by atoms with van der Waals surface area (Å²) >= 11 is 0. The molecule has 28 heavy (non-hydrogen) atoms. The van der Waals surface area contributed by atoms with Crippen molar-refractivity contribution in [3.05, 3.63) is 30.1 Å². The average Bonchev–Trinajstić information content (AvgIpc) is 2.69. The number of carboxylic acids is 1. The molecule has 152 valence electrons. The van der Waals surface area contributed by atoms with Crippen molar-refractivity contribution >= 4 is 23.6 Å². The molecule has 1 aromatic rings. The van der Waals surface area contributed by atoms with Crippen LogP contribution < -0.4 is 5.32 Å². The molecule has 2 N–H and O–H groups in total. The maximum absolute atomic E-state index is 13.8. The maximum atomic E-state index is 13.8. The zero-order valence-corrected chi connectivity index (χ0v) is 15.9. The van der Waals surface area contributed by atoms with Crippen LogP contribution in [0.3, 0.4) is 0 Å². The monoisotopic (exact) mass is 391 g/mol. The Kier molecular flexibility index (Phi) is 6.16. The van der Waals surface area contributed by atoms with E-state index >= 15 is 0 Å². The summed E-state index contributed by atoms with van der Waals surface area (Å²) in [4.78, 5) is 40.0. The minimum Gasteiger partial charge on any atom is -0.481 e. The van der Waals surface area contributed by atoms with E-state index in [4.69, 9.17) is 0 Å². The van der Waals surface area contributed by atoms with Crippen LogP contribution in [-0.4, -0.2) is 58.5 Å². The van der Waals surface area contributed by atoms with Crippen LogP contribution in [0.25, 0.3) is 0 Å². The Hall–Kier alpha value is -2.64. The zero-order chi connectivity index (χ0) is 20.3. The molecule has 1 aromatic carbocycles. The highest BCUT2D eigenvalue weighted by Gasteiger charge is 2.37. The molecule has 0 spiro atoms. The first-order chi connectivity index (χ1) is 13.4. The first-order valence-electron chi connectivity index (χ1n) is 9.70. The third-order valence-corrected chi connectivity index (χ3v) is 5.69. The number of urea groups is 1. The number of halogens is 1. The number of para-hydroxylation sites is 1. The second-order valence-corrected chi connectivity index (χ2v) is 7.65. The number of carbonyl (C=O) groups excluding carboxylic acids is 2. The molecule has 2 heterocycles. The minimum absolute atomic E-state index is 0.00859. The van der Waals surface area contributed by atoms with Crippen molar-refractivity contribution in [2.45, 2.75) is 38.6 Å². The number of hydrogen-bond acceptors (Lipinski definition) is 3. The predicted molar refractivity (Wildman–Crippen MR) is 101 cm³/mol. The van der Waals surface area contributed by atoms with Gasteiger partial charge >= 0.3 is 12.0 Å². The molecular weight excluding hydrogens is 365 g/mol. The lowest BCUT2D eigenvalue weighted by Gasteiger charge is -2.40. The Morgan fingerprint density at radius 3 is 2.57 bits per heavy atom. The third kappa shape index (κ3) is 4.43. The van der Waals surface area contributed by atoms with Gasteiger partial charge in [0.1, 0.15) is 5.82 Å². The lowest BCUT2D eigenvalue weighted by molar-refractivity contribution is -0.149. The highest BCUT2D eigenvalue weighted by Crippen LogP contribution is 2.27. The van der Waals surface area contributed by atoms with Gasteiger partial charge in [0.2, 0.25) is 5.91 Å². The third-order valence-electron chi connectivity index (χ3n) is 5.69. The van der Waals surface area contributed by atoms with Gasteiger partial charge in [-0.25, -0.2) is 9.18 Å². The van der Waals surface area contributed by atoms with Crippen molar-refractivity contribution < 1.29 is 23.9 Å². The molecule has 2 aliphatic heterocycles. The summed E-state index contributed by atoms with van der Waals surface area (Å²) in [5, 5.41) is 11.8. The van der Waals surface area contributed by atoms with Gasteiger partial charge in [-0.2, -0.15) is 0 Å². The number of nitrogens with zero attached hydrogens (tertiary/aromatic N) is 2.